The highest BCUT2D eigenvalue weighted by Gasteiger charge is 2.33. The van der Waals surface area contributed by atoms with Gasteiger partial charge in [0.05, 0.1) is 6.54 Å². The molecule has 0 saturated heterocycles. The molecule has 1 amide bonds. The molecule has 0 radical (unpaired) electrons. The minimum atomic E-state index is -3.50. The van der Waals surface area contributed by atoms with Crippen molar-refractivity contribution < 1.29 is 28.4 Å². The van der Waals surface area contributed by atoms with Crippen molar-refractivity contribution in [2.24, 2.45) is 0 Å². The number of nitrogens with one attached hydrogen (secondary N) is 1. The van der Waals surface area contributed by atoms with Gasteiger partial charge in [-0.2, -0.15) is 4.68 Å². The van der Waals surface area contributed by atoms with Crippen molar-refractivity contribution in [1.29, 1.82) is 0 Å². The van der Waals surface area contributed by atoms with Gasteiger partial charge in [0.25, 0.3) is 11.8 Å². The van der Waals surface area contributed by atoms with Gasteiger partial charge in [-0.1, -0.05) is 4.98 Å². The molecule has 1 atom stereocenters. The molecule has 110 valence electrons. The predicted octanol–water partition coefficient (Wildman–Crippen LogP) is -1.50. The van der Waals surface area contributed by atoms with Gasteiger partial charge < -0.3 is 20.5 Å². The first-order valence-electron chi connectivity index (χ1n) is 5.08. The monoisotopic (exact) mass is 293 g/mol. The third kappa shape index (κ3) is 4.31. The highest BCUT2D eigenvalue weighted by molar-refractivity contribution is 5.94. The third-order valence-electron chi connectivity index (χ3n) is 2.00. The second-order valence-electron chi connectivity index (χ2n) is 3.65. The Morgan fingerprint density at radius 1 is 1.70 bits per heavy atom. The van der Waals surface area contributed by atoms with Crippen LogP contribution in [-0.4, -0.2) is 55.6 Å². The third-order valence-corrected chi connectivity index (χ3v) is 2.00. The number of carbonyl (C=O) groups is 2. The number of nitrogens with zero attached hydrogens (tertiary/aromatic N) is 4. The zero-order valence-corrected chi connectivity index (χ0v) is 9.77. The number of halogens is 2. The molecule has 0 aromatic carbocycles. The maximum Gasteiger partial charge on any atom is 0.490 e. The van der Waals surface area contributed by atoms with Crippen LogP contribution in [-0.2, 0) is 16.1 Å². The van der Waals surface area contributed by atoms with Gasteiger partial charge in [-0.25, -0.2) is 8.78 Å². The molecule has 12 heteroatoms. The summed E-state index contributed by atoms with van der Waals surface area (Å²) >= 11 is 0. The molecular weight excluding hydrogens is 284 g/mol. The highest BCUT2D eigenvalue weighted by Crippen LogP contribution is 2.15. The van der Waals surface area contributed by atoms with Crippen molar-refractivity contribution in [3.63, 3.8) is 0 Å². The number of hydrogen-bond acceptors (Lipinski definition) is 7. The number of rotatable bonds is 7. The average molecular weight is 293 g/mol. The summed E-state index contributed by atoms with van der Waals surface area (Å²) in [5.74, 6) is -5.61. The second-order valence-corrected chi connectivity index (χ2v) is 3.65. The van der Waals surface area contributed by atoms with Crippen LogP contribution in [0.5, 0.6) is 0 Å². The molecule has 0 aliphatic rings. The summed E-state index contributed by atoms with van der Waals surface area (Å²) in [6.45, 7) is -2.24. The van der Waals surface area contributed by atoms with Crippen molar-refractivity contribution in [3.05, 3.63) is 16.4 Å². The van der Waals surface area contributed by atoms with Crippen LogP contribution < -0.4 is 5.32 Å². The molecule has 1 rings (SSSR count). The average Bonchev–Trinajstić information content (AvgIpc) is 2.83. The first kappa shape index (κ1) is 15.6. The van der Waals surface area contributed by atoms with E-state index < -0.39 is 41.9 Å². The van der Waals surface area contributed by atoms with Crippen LogP contribution in [0.1, 0.15) is 0 Å². The van der Waals surface area contributed by atoms with Gasteiger partial charge in [-0.15, -0.1) is 0 Å². The maximum absolute atomic E-state index is 13.4. The maximum atomic E-state index is 13.4. The Morgan fingerprint density at radius 2 is 2.35 bits per heavy atom. The smallest absolute Gasteiger partial charge is 0.390 e. The first-order valence-corrected chi connectivity index (χ1v) is 5.08. The lowest BCUT2D eigenvalue weighted by Crippen LogP contribution is -2.44. The number of aldehydes is 1. The molecular formula is C8H9F2N5O5. The SMILES string of the molecule is O=CC(O)C(=O)NCC(F)(F)Cn1cnc([N+](=O)[O-])n1. The summed E-state index contributed by atoms with van der Waals surface area (Å²) in [6, 6.07) is 0. The molecule has 1 unspecified atom stereocenters. The molecule has 10 nitrogen and oxygen atoms in total. The van der Waals surface area contributed by atoms with Gasteiger partial charge in [-0.3, -0.25) is 9.59 Å². The molecule has 0 spiro atoms. The summed E-state index contributed by atoms with van der Waals surface area (Å²) in [4.78, 5) is 33.5. The standard InChI is InChI=1S/C8H9F2N5O5/c9-8(10,2-11-6(18)5(17)1-16)3-14-4-12-7(13-14)15(19)20/h1,4-5,17H,2-3H2,(H,11,18). The molecule has 0 fully saturated rings. The van der Waals surface area contributed by atoms with Crippen LogP contribution in [0.2, 0.25) is 0 Å². The molecule has 1 heterocycles. The van der Waals surface area contributed by atoms with Gasteiger partial charge >= 0.3 is 5.95 Å². The van der Waals surface area contributed by atoms with Crippen LogP contribution >= 0.6 is 0 Å². The number of nitro groups is 1. The van der Waals surface area contributed by atoms with Crippen LogP contribution in [0, 0.1) is 10.1 Å². The minimum Gasteiger partial charge on any atom is -0.390 e. The van der Waals surface area contributed by atoms with E-state index in [1.807, 2.05) is 0 Å². The Morgan fingerprint density at radius 3 is 2.85 bits per heavy atom. The van der Waals surface area contributed by atoms with Crippen molar-refractivity contribution in [3.8, 4) is 0 Å². The van der Waals surface area contributed by atoms with E-state index in [1.54, 1.807) is 5.32 Å². The van der Waals surface area contributed by atoms with Crippen molar-refractivity contribution in [2.75, 3.05) is 6.54 Å². The van der Waals surface area contributed by atoms with Crippen LogP contribution in [0.3, 0.4) is 0 Å². The topological polar surface area (TPSA) is 140 Å². The first-order chi connectivity index (χ1) is 9.25. The highest BCUT2D eigenvalue weighted by atomic mass is 19.3. The van der Waals surface area contributed by atoms with Crippen molar-refractivity contribution in [2.45, 2.75) is 18.6 Å². The molecule has 0 bridgehead atoms. The zero-order valence-electron chi connectivity index (χ0n) is 9.77. The number of hydrogen-bond donors (Lipinski definition) is 2. The van der Waals surface area contributed by atoms with Gasteiger partial charge in [-0.05, 0) is 4.92 Å². The van der Waals surface area contributed by atoms with E-state index in [0.717, 1.165) is 6.33 Å². The second kappa shape index (κ2) is 6.10. The number of aromatic nitrogens is 3. The molecule has 0 aliphatic carbocycles. The lowest BCUT2D eigenvalue weighted by atomic mass is 10.3. The van der Waals surface area contributed by atoms with Crippen LogP contribution in [0.25, 0.3) is 0 Å². The molecule has 1 aromatic rings. The lowest BCUT2D eigenvalue weighted by Gasteiger charge is -2.15. The summed E-state index contributed by atoms with van der Waals surface area (Å²) in [5.41, 5.74) is 0. The van der Waals surface area contributed by atoms with E-state index in [0.29, 0.717) is 4.68 Å². The van der Waals surface area contributed by atoms with Crippen LogP contribution in [0.15, 0.2) is 6.33 Å². The summed E-state index contributed by atoms with van der Waals surface area (Å²) in [7, 11) is 0. The Hall–Kier alpha value is -2.50. The van der Waals surface area contributed by atoms with Gasteiger partial charge in [0, 0.05) is 5.10 Å². The number of amides is 1. The lowest BCUT2D eigenvalue weighted by molar-refractivity contribution is -0.394. The van der Waals surface area contributed by atoms with E-state index in [2.05, 4.69) is 10.1 Å². The molecule has 1 aromatic heterocycles. The predicted molar refractivity (Wildman–Crippen MR) is 56.7 cm³/mol. The van der Waals surface area contributed by atoms with Crippen LogP contribution in [0.4, 0.5) is 14.7 Å². The summed E-state index contributed by atoms with van der Waals surface area (Å²) in [6.07, 6.45) is -1.40. The summed E-state index contributed by atoms with van der Waals surface area (Å²) < 4.78 is 27.4. The number of carbonyl (C=O) groups excluding carboxylic acids is 2. The molecule has 20 heavy (non-hydrogen) atoms. The quantitative estimate of drug-likeness (QED) is 0.270. The van der Waals surface area contributed by atoms with Gasteiger partial charge in [0.15, 0.2) is 12.4 Å². The fraction of sp³-hybridized carbons (Fsp3) is 0.500. The minimum absolute atomic E-state index is 0.117. The largest absolute Gasteiger partial charge is 0.490 e. The Bertz CT molecular complexity index is 519. The van der Waals surface area contributed by atoms with E-state index >= 15 is 0 Å². The summed E-state index contributed by atoms with van der Waals surface area (Å²) in [5, 5.41) is 23.9. The van der Waals surface area contributed by atoms with E-state index in [9.17, 15) is 28.5 Å². The normalized spacial score (nSPS) is 12.8. The zero-order chi connectivity index (χ0) is 15.3. The fourth-order valence-electron chi connectivity index (χ4n) is 1.12. The number of aliphatic hydroxyl groups is 1. The number of aliphatic hydroxyl groups excluding tert-OH is 1. The van der Waals surface area contributed by atoms with E-state index in [1.165, 1.54) is 0 Å². The molecule has 0 saturated carbocycles. The van der Waals surface area contributed by atoms with Crippen molar-refractivity contribution in [1.82, 2.24) is 20.1 Å². The van der Waals surface area contributed by atoms with Crippen molar-refractivity contribution >= 4 is 18.1 Å². The van der Waals surface area contributed by atoms with E-state index in [-0.39, 0.29) is 6.29 Å². The Labute approximate surface area is 109 Å². The Balaban J connectivity index is 2.58. The van der Waals surface area contributed by atoms with Gasteiger partial charge in [0.2, 0.25) is 6.33 Å². The van der Waals surface area contributed by atoms with Gasteiger partial charge in [0.1, 0.15) is 6.54 Å². The Kier molecular flexibility index (Phi) is 4.74. The molecule has 0 aliphatic heterocycles. The fourth-order valence-corrected chi connectivity index (χ4v) is 1.12. The number of alkyl halides is 2. The molecule has 2 N–H and O–H groups in total. The van der Waals surface area contributed by atoms with E-state index in [4.69, 9.17) is 5.11 Å².